The first-order valence-electron chi connectivity index (χ1n) is 9.95. The third-order valence-corrected chi connectivity index (χ3v) is 5.26. The van der Waals surface area contributed by atoms with E-state index in [0.717, 1.165) is 0 Å². The molecule has 1 atom stereocenters. The second-order valence-electron chi connectivity index (χ2n) is 7.23. The highest BCUT2D eigenvalue weighted by Gasteiger charge is 2.68. The second kappa shape index (κ2) is 9.49. The summed E-state index contributed by atoms with van der Waals surface area (Å²) in [7, 11) is 4.10. The van der Waals surface area contributed by atoms with Gasteiger partial charge < -0.3 is 19.5 Å². The van der Waals surface area contributed by atoms with Crippen molar-refractivity contribution < 1.29 is 41.8 Å². The van der Waals surface area contributed by atoms with Crippen LogP contribution in [0, 0.1) is 0 Å². The van der Waals surface area contributed by atoms with Gasteiger partial charge in [0.25, 0.3) is 17.5 Å². The molecule has 12 heteroatoms. The highest BCUT2D eigenvalue weighted by molar-refractivity contribution is 6.10. The summed E-state index contributed by atoms with van der Waals surface area (Å²) in [6.07, 6.45) is -5.29. The molecule has 0 aromatic heterocycles. The van der Waals surface area contributed by atoms with Crippen LogP contribution in [0.2, 0.25) is 0 Å². The normalized spacial score (nSPS) is 17.9. The van der Waals surface area contributed by atoms with E-state index >= 15 is 0 Å². The van der Waals surface area contributed by atoms with Gasteiger partial charge in [-0.25, -0.2) is 4.79 Å². The topological polar surface area (TPSA) is 106 Å². The van der Waals surface area contributed by atoms with Crippen molar-refractivity contribution in [2.45, 2.75) is 18.3 Å². The number of para-hydroxylation sites is 1. The SMILES string of the molecule is COc1ccc(CCN2C(=O)N[C@](NC(=O)c3ccccc3OC)(C(F)(F)F)C2=O)cc1OC. The maximum atomic E-state index is 14.1. The van der Waals surface area contributed by atoms with Gasteiger partial charge in [0.2, 0.25) is 0 Å². The van der Waals surface area contributed by atoms with Crippen LogP contribution in [0.1, 0.15) is 15.9 Å². The van der Waals surface area contributed by atoms with E-state index in [1.165, 1.54) is 45.6 Å². The highest BCUT2D eigenvalue weighted by atomic mass is 19.4. The molecule has 2 aromatic carbocycles. The van der Waals surface area contributed by atoms with Gasteiger partial charge in [-0.15, -0.1) is 0 Å². The first kappa shape index (κ1) is 24.7. The predicted octanol–water partition coefficient (Wildman–Crippen LogP) is 2.50. The van der Waals surface area contributed by atoms with E-state index in [9.17, 15) is 27.6 Å². The quantitative estimate of drug-likeness (QED) is 0.562. The number of methoxy groups -OCH3 is 3. The van der Waals surface area contributed by atoms with E-state index < -0.39 is 29.7 Å². The van der Waals surface area contributed by atoms with Gasteiger partial charge in [0.1, 0.15) is 5.75 Å². The third-order valence-electron chi connectivity index (χ3n) is 5.26. The number of halogens is 3. The molecule has 0 unspecified atom stereocenters. The average molecular weight is 481 g/mol. The van der Waals surface area contributed by atoms with Crippen LogP contribution in [0.4, 0.5) is 18.0 Å². The lowest BCUT2D eigenvalue weighted by atomic mass is 10.1. The number of carbonyl (C=O) groups is 3. The summed E-state index contributed by atoms with van der Waals surface area (Å²) in [5.41, 5.74) is -3.28. The van der Waals surface area contributed by atoms with Crippen molar-refractivity contribution in [1.82, 2.24) is 15.5 Å². The van der Waals surface area contributed by atoms with Crippen molar-refractivity contribution in [2.75, 3.05) is 27.9 Å². The molecule has 1 aliphatic rings. The molecule has 4 amide bonds. The molecule has 0 radical (unpaired) electrons. The van der Waals surface area contributed by atoms with Gasteiger partial charge in [0.05, 0.1) is 26.9 Å². The van der Waals surface area contributed by atoms with Crippen molar-refractivity contribution in [2.24, 2.45) is 0 Å². The van der Waals surface area contributed by atoms with Crippen molar-refractivity contribution >= 4 is 17.8 Å². The predicted molar refractivity (Wildman–Crippen MR) is 113 cm³/mol. The fourth-order valence-corrected chi connectivity index (χ4v) is 3.47. The molecule has 0 saturated carbocycles. The standard InChI is InChI=1S/C22H22F3N3O6/c1-32-15-7-5-4-6-14(15)18(29)26-21(22(23,24)25)19(30)28(20(31)27-21)11-10-13-8-9-16(33-2)17(12-13)34-3/h4-9,12H,10-11H2,1-3H3,(H,26,29)(H,27,31)/t21-/m0/s1. The molecule has 1 aliphatic heterocycles. The summed E-state index contributed by atoms with van der Waals surface area (Å²) >= 11 is 0. The zero-order chi connectivity index (χ0) is 25.1. The van der Waals surface area contributed by atoms with Gasteiger partial charge in [0.15, 0.2) is 11.5 Å². The Balaban J connectivity index is 1.85. The van der Waals surface area contributed by atoms with E-state index in [0.29, 0.717) is 22.0 Å². The molecule has 0 bridgehead atoms. The number of ether oxygens (including phenoxy) is 3. The number of alkyl halides is 3. The fourth-order valence-electron chi connectivity index (χ4n) is 3.47. The van der Waals surface area contributed by atoms with Crippen molar-refractivity contribution in [3.63, 3.8) is 0 Å². The van der Waals surface area contributed by atoms with Crippen LogP contribution in [0.25, 0.3) is 0 Å². The fraction of sp³-hybridized carbons (Fsp3) is 0.318. The van der Waals surface area contributed by atoms with E-state index in [-0.39, 0.29) is 24.3 Å². The van der Waals surface area contributed by atoms with Crippen LogP contribution in [-0.2, 0) is 11.2 Å². The van der Waals surface area contributed by atoms with Gasteiger partial charge >= 0.3 is 12.2 Å². The minimum absolute atomic E-state index is 0.000550. The summed E-state index contributed by atoms with van der Waals surface area (Å²) < 4.78 is 57.5. The Morgan fingerprint density at radius 3 is 2.26 bits per heavy atom. The van der Waals surface area contributed by atoms with E-state index in [1.54, 1.807) is 28.8 Å². The molecule has 182 valence electrons. The number of nitrogens with one attached hydrogen (secondary N) is 2. The van der Waals surface area contributed by atoms with Gasteiger partial charge in [-0.2, -0.15) is 13.2 Å². The molecular formula is C22H22F3N3O6. The Morgan fingerprint density at radius 2 is 1.65 bits per heavy atom. The Kier molecular flexibility index (Phi) is 6.89. The molecular weight excluding hydrogens is 459 g/mol. The van der Waals surface area contributed by atoms with Gasteiger partial charge in [0, 0.05) is 6.54 Å². The number of rotatable bonds is 8. The zero-order valence-electron chi connectivity index (χ0n) is 18.5. The Morgan fingerprint density at radius 1 is 1.00 bits per heavy atom. The van der Waals surface area contributed by atoms with Gasteiger partial charge in [-0.3, -0.25) is 19.8 Å². The number of carbonyl (C=O) groups excluding carboxylic acids is 3. The largest absolute Gasteiger partial charge is 0.496 e. The molecule has 1 saturated heterocycles. The van der Waals surface area contributed by atoms with Crippen LogP contribution in [-0.4, -0.2) is 62.5 Å². The van der Waals surface area contributed by atoms with Crippen molar-refractivity contribution in [3.05, 3.63) is 53.6 Å². The molecule has 1 fully saturated rings. The number of hydrogen-bond acceptors (Lipinski definition) is 6. The summed E-state index contributed by atoms with van der Waals surface area (Å²) in [5, 5.41) is 3.28. The molecule has 1 heterocycles. The smallest absolute Gasteiger partial charge is 0.440 e. The molecule has 0 spiro atoms. The molecule has 9 nitrogen and oxygen atoms in total. The molecule has 3 rings (SSSR count). The van der Waals surface area contributed by atoms with E-state index in [1.807, 2.05) is 0 Å². The Bertz CT molecular complexity index is 1110. The van der Waals surface area contributed by atoms with Gasteiger partial charge in [-0.1, -0.05) is 18.2 Å². The van der Waals surface area contributed by atoms with Crippen LogP contribution >= 0.6 is 0 Å². The first-order chi connectivity index (χ1) is 16.1. The monoisotopic (exact) mass is 481 g/mol. The number of benzene rings is 2. The highest BCUT2D eigenvalue weighted by Crippen LogP contribution is 2.35. The van der Waals surface area contributed by atoms with Crippen molar-refractivity contribution in [3.8, 4) is 17.2 Å². The Labute approximate surface area is 192 Å². The molecule has 34 heavy (non-hydrogen) atoms. The summed E-state index contributed by atoms with van der Waals surface area (Å²) in [6.45, 7) is -0.373. The molecule has 2 aromatic rings. The maximum absolute atomic E-state index is 14.1. The summed E-state index contributed by atoms with van der Waals surface area (Å²) in [4.78, 5) is 38.4. The van der Waals surface area contributed by atoms with E-state index in [2.05, 4.69) is 0 Å². The lowest BCUT2D eigenvalue weighted by Gasteiger charge is -2.30. The van der Waals surface area contributed by atoms with Crippen LogP contribution in [0.15, 0.2) is 42.5 Å². The molecule has 0 aliphatic carbocycles. The lowest BCUT2D eigenvalue weighted by Crippen LogP contribution is -2.69. The number of amides is 4. The zero-order valence-corrected chi connectivity index (χ0v) is 18.5. The van der Waals surface area contributed by atoms with Gasteiger partial charge in [-0.05, 0) is 36.2 Å². The minimum Gasteiger partial charge on any atom is -0.496 e. The maximum Gasteiger partial charge on any atom is 0.440 e. The lowest BCUT2D eigenvalue weighted by molar-refractivity contribution is -0.200. The third kappa shape index (κ3) is 4.43. The molecule has 2 N–H and O–H groups in total. The number of hydrogen-bond donors (Lipinski definition) is 2. The number of imide groups is 1. The average Bonchev–Trinajstić information content (AvgIpc) is 3.06. The van der Waals surface area contributed by atoms with E-state index in [4.69, 9.17) is 14.2 Å². The summed E-state index contributed by atoms with van der Waals surface area (Å²) in [6, 6.07) is 9.05. The minimum atomic E-state index is -5.32. The van der Waals surface area contributed by atoms with Crippen LogP contribution in [0.3, 0.4) is 0 Å². The van der Waals surface area contributed by atoms with Crippen molar-refractivity contribution in [1.29, 1.82) is 0 Å². The van der Waals surface area contributed by atoms with Crippen LogP contribution < -0.4 is 24.8 Å². The second-order valence-corrected chi connectivity index (χ2v) is 7.23. The number of urea groups is 1. The van der Waals surface area contributed by atoms with Crippen LogP contribution in [0.5, 0.6) is 17.2 Å². The summed E-state index contributed by atoms with van der Waals surface area (Å²) in [5.74, 6) is -2.07. The number of nitrogens with zero attached hydrogens (tertiary/aromatic N) is 1. The first-order valence-corrected chi connectivity index (χ1v) is 9.95. The Hall–Kier alpha value is -3.96.